The molecule has 1 N–H and O–H groups in total. The molecule has 1 aromatic heterocycles. The van der Waals surface area contributed by atoms with Gasteiger partial charge in [0.05, 0.1) is 21.8 Å². The van der Waals surface area contributed by atoms with E-state index in [4.69, 9.17) is 11.6 Å². The number of halogens is 4. The van der Waals surface area contributed by atoms with Crippen LogP contribution in [0.5, 0.6) is 0 Å². The van der Waals surface area contributed by atoms with Crippen molar-refractivity contribution in [3.63, 3.8) is 0 Å². The highest BCUT2D eigenvalue weighted by Crippen LogP contribution is 2.33. The standard InChI is InChI=1S/C15H10ClF3N4O/c16-10-6-5-9(15(17,18)19)7-12(10)20-14(24)8-23-13-4-2-1-3-11(13)21-22-23/h1-7H,8H2,(H,20,24). The Bertz CT molecular complexity index is 907. The Morgan fingerprint density at radius 1 is 1.21 bits per heavy atom. The molecule has 9 heteroatoms. The minimum absolute atomic E-state index is 0.0137. The number of carbonyl (C=O) groups is 1. The number of aromatic nitrogens is 3. The van der Waals surface area contributed by atoms with Crippen LogP contribution in [-0.4, -0.2) is 20.9 Å². The summed E-state index contributed by atoms with van der Waals surface area (Å²) in [6, 6.07) is 9.75. The third kappa shape index (κ3) is 3.33. The van der Waals surface area contributed by atoms with Crippen molar-refractivity contribution in [2.24, 2.45) is 0 Å². The molecule has 1 amide bonds. The minimum atomic E-state index is -4.52. The van der Waals surface area contributed by atoms with Crippen molar-refractivity contribution >= 4 is 34.2 Å². The molecule has 0 aliphatic carbocycles. The van der Waals surface area contributed by atoms with Gasteiger partial charge in [-0.25, -0.2) is 4.68 Å². The fourth-order valence-corrected chi connectivity index (χ4v) is 2.32. The fraction of sp³-hybridized carbons (Fsp3) is 0.133. The first-order valence-corrected chi connectivity index (χ1v) is 7.17. The van der Waals surface area contributed by atoms with E-state index in [1.54, 1.807) is 24.3 Å². The van der Waals surface area contributed by atoms with Gasteiger partial charge in [0, 0.05) is 0 Å². The lowest BCUT2D eigenvalue weighted by Crippen LogP contribution is -2.20. The Hall–Kier alpha value is -2.61. The Labute approximate surface area is 139 Å². The van der Waals surface area contributed by atoms with Crippen molar-refractivity contribution in [3.05, 3.63) is 53.1 Å². The van der Waals surface area contributed by atoms with Crippen molar-refractivity contribution in [1.82, 2.24) is 15.0 Å². The molecule has 0 bridgehead atoms. The maximum atomic E-state index is 12.7. The molecule has 5 nitrogen and oxygen atoms in total. The van der Waals surface area contributed by atoms with Gasteiger partial charge in [-0.1, -0.05) is 28.9 Å². The van der Waals surface area contributed by atoms with E-state index in [1.807, 2.05) is 0 Å². The van der Waals surface area contributed by atoms with E-state index in [0.29, 0.717) is 11.0 Å². The Morgan fingerprint density at radius 3 is 2.71 bits per heavy atom. The lowest BCUT2D eigenvalue weighted by Gasteiger charge is -2.11. The van der Waals surface area contributed by atoms with Crippen molar-refractivity contribution in [1.29, 1.82) is 0 Å². The van der Waals surface area contributed by atoms with Crippen molar-refractivity contribution in [3.8, 4) is 0 Å². The number of fused-ring (bicyclic) bond motifs is 1. The Kier molecular flexibility index (Phi) is 4.15. The van der Waals surface area contributed by atoms with E-state index in [1.165, 1.54) is 4.68 Å². The van der Waals surface area contributed by atoms with Crippen LogP contribution in [0.4, 0.5) is 18.9 Å². The first-order chi connectivity index (χ1) is 11.3. The summed E-state index contributed by atoms with van der Waals surface area (Å²) in [5.74, 6) is -0.563. The second-order valence-electron chi connectivity index (χ2n) is 4.98. The molecule has 0 radical (unpaired) electrons. The van der Waals surface area contributed by atoms with E-state index in [2.05, 4.69) is 15.6 Å². The monoisotopic (exact) mass is 354 g/mol. The smallest absolute Gasteiger partial charge is 0.323 e. The summed E-state index contributed by atoms with van der Waals surface area (Å²) >= 11 is 5.85. The quantitative estimate of drug-likeness (QED) is 0.779. The number of nitrogens with one attached hydrogen (secondary N) is 1. The number of anilines is 1. The molecular formula is C15H10ClF3N4O. The summed E-state index contributed by atoms with van der Waals surface area (Å²) < 4.78 is 39.6. The third-order valence-electron chi connectivity index (χ3n) is 3.28. The summed E-state index contributed by atoms with van der Waals surface area (Å²) in [6.45, 7) is -0.201. The molecule has 1 heterocycles. The highest BCUT2D eigenvalue weighted by molar-refractivity contribution is 6.33. The SMILES string of the molecule is O=C(Cn1nnc2ccccc21)Nc1cc(C(F)(F)F)ccc1Cl. The summed E-state index contributed by atoms with van der Waals surface area (Å²) in [6.07, 6.45) is -4.52. The molecule has 3 rings (SSSR count). The number of alkyl halides is 3. The predicted molar refractivity (Wildman–Crippen MR) is 82.6 cm³/mol. The van der Waals surface area contributed by atoms with E-state index >= 15 is 0 Å². The molecule has 0 aliphatic heterocycles. The van der Waals surface area contributed by atoms with E-state index < -0.39 is 17.6 Å². The van der Waals surface area contributed by atoms with Crippen LogP contribution < -0.4 is 5.32 Å². The molecule has 0 saturated carbocycles. The first-order valence-electron chi connectivity index (χ1n) is 6.79. The maximum Gasteiger partial charge on any atom is 0.416 e. The zero-order valence-electron chi connectivity index (χ0n) is 12.0. The molecule has 0 aliphatic rings. The van der Waals surface area contributed by atoms with Crippen molar-refractivity contribution in [2.75, 3.05) is 5.32 Å². The molecule has 124 valence electrons. The summed E-state index contributed by atoms with van der Waals surface area (Å²) in [7, 11) is 0. The zero-order valence-corrected chi connectivity index (χ0v) is 12.8. The highest BCUT2D eigenvalue weighted by Gasteiger charge is 2.31. The second kappa shape index (κ2) is 6.12. The van der Waals surface area contributed by atoms with Crippen LogP contribution in [0.3, 0.4) is 0 Å². The number of rotatable bonds is 3. The van der Waals surface area contributed by atoms with Gasteiger partial charge in [0.25, 0.3) is 0 Å². The normalized spacial score (nSPS) is 11.7. The van der Waals surface area contributed by atoms with Crippen LogP contribution in [0, 0.1) is 0 Å². The van der Waals surface area contributed by atoms with Gasteiger partial charge in [-0.2, -0.15) is 13.2 Å². The highest BCUT2D eigenvalue weighted by atomic mass is 35.5. The second-order valence-corrected chi connectivity index (χ2v) is 5.38. The Morgan fingerprint density at radius 2 is 1.96 bits per heavy atom. The van der Waals surface area contributed by atoms with E-state index in [0.717, 1.165) is 18.2 Å². The average molecular weight is 355 g/mol. The molecule has 0 saturated heterocycles. The number of carbonyl (C=O) groups excluding carboxylic acids is 1. The van der Waals surface area contributed by atoms with Crippen LogP contribution in [-0.2, 0) is 17.5 Å². The van der Waals surface area contributed by atoms with Crippen molar-refractivity contribution in [2.45, 2.75) is 12.7 Å². The van der Waals surface area contributed by atoms with Crippen LogP contribution >= 0.6 is 11.6 Å². The molecular weight excluding hydrogens is 345 g/mol. The largest absolute Gasteiger partial charge is 0.416 e. The summed E-state index contributed by atoms with van der Waals surface area (Å²) in [5.41, 5.74) is 0.250. The number of benzene rings is 2. The lowest BCUT2D eigenvalue weighted by molar-refractivity contribution is -0.137. The molecule has 0 unspecified atom stereocenters. The number of hydrogen-bond acceptors (Lipinski definition) is 3. The topological polar surface area (TPSA) is 59.8 Å². The molecule has 0 atom stereocenters. The van der Waals surface area contributed by atoms with Gasteiger partial charge >= 0.3 is 6.18 Å². The van der Waals surface area contributed by atoms with Crippen LogP contribution in [0.25, 0.3) is 11.0 Å². The van der Waals surface area contributed by atoms with Gasteiger partial charge in [-0.15, -0.1) is 5.10 Å². The third-order valence-corrected chi connectivity index (χ3v) is 3.61. The van der Waals surface area contributed by atoms with Gasteiger partial charge in [0.2, 0.25) is 5.91 Å². The lowest BCUT2D eigenvalue weighted by atomic mass is 10.2. The fourth-order valence-electron chi connectivity index (χ4n) is 2.16. The molecule has 24 heavy (non-hydrogen) atoms. The summed E-state index contributed by atoms with van der Waals surface area (Å²) in [5, 5.41) is 10.1. The van der Waals surface area contributed by atoms with Gasteiger partial charge in [-0.3, -0.25) is 4.79 Å². The maximum absolute atomic E-state index is 12.7. The van der Waals surface area contributed by atoms with Crippen LogP contribution in [0.15, 0.2) is 42.5 Å². The molecule has 3 aromatic rings. The Balaban J connectivity index is 1.80. The number of nitrogens with zero attached hydrogens (tertiary/aromatic N) is 3. The van der Waals surface area contributed by atoms with Crippen LogP contribution in [0.1, 0.15) is 5.56 Å². The average Bonchev–Trinajstić information content (AvgIpc) is 2.91. The van der Waals surface area contributed by atoms with Crippen molar-refractivity contribution < 1.29 is 18.0 Å². The van der Waals surface area contributed by atoms with Gasteiger partial charge < -0.3 is 5.32 Å². The number of amides is 1. The first kappa shape index (κ1) is 16.3. The molecule has 0 fully saturated rings. The van der Waals surface area contributed by atoms with Crippen LogP contribution in [0.2, 0.25) is 5.02 Å². The minimum Gasteiger partial charge on any atom is -0.323 e. The predicted octanol–water partition coefficient (Wildman–Crippen LogP) is 3.74. The molecule has 0 spiro atoms. The summed E-state index contributed by atoms with van der Waals surface area (Å²) in [4.78, 5) is 12.1. The van der Waals surface area contributed by atoms with Gasteiger partial charge in [-0.05, 0) is 30.3 Å². The molecule has 2 aromatic carbocycles. The number of para-hydroxylation sites is 1. The number of hydrogen-bond donors (Lipinski definition) is 1. The zero-order chi connectivity index (χ0) is 17.3. The van der Waals surface area contributed by atoms with E-state index in [-0.39, 0.29) is 17.3 Å². The van der Waals surface area contributed by atoms with Gasteiger partial charge in [0.1, 0.15) is 12.1 Å². The van der Waals surface area contributed by atoms with Gasteiger partial charge in [0.15, 0.2) is 0 Å². The van der Waals surface area contributed by atoms with E-state index in [9.17, 15) is 18.0 Å².